The SMILES string of the molecule is CCc1nc(C)c(C(C)N(C)C(=O)C2CN(Cc3ccccc3)CCO2)s1. The Morgan fingerprint density at radius 1 is 1.41 bits per heavy atom. The zero-order chi connectivity index (χ0) is 19.4. The molecule has 6 heteroatoms. The molecule has 1 aliphatic heterocycles. The van der Waals surface area contributed by atoms with E-state index < -0.39 is 6.10 Å². The van der Waals surface area contributed by atoms with Gasteiger partial charge in [-0.15, -0.1) is 11.3 Å². The number of thiazole rings is 1. The van der Waals surface area contributed by atoms with Gasteiger partial charge in [-0.1, -0.05) is 37.3 Å². The van der Waals surface area contributed by atoms with Crippen LogP contribution in [-0.2, 0) is 22.5 Å². The molecule has 2 unspecified atom stereocenters. The average molecular weight is 388 g/mol. The summed E-state index contributed by atoms with van der Waals surface area (Å²) in [4.78, 5) is 22.9. The molecule has 0 spiro atoms. The Balaban J connectivity index is 1.64. The number of benzene rings is 1. The van der Waals surface area contributed by atoms with Crippen LogP contribution in [0.4, 0.5) is 0 Å². The van der Waals surface area contributed by atoms with Crippen molar-refractivity contribution in [3.8, 4) is 0 Å². The number of morpholine rings is 1. The highest BCUT2D eigenvalue weighted by molar-refractivity contribution is 7.11. The maximum Gasteiger partial charge on any atom is 0.253 e. The number of aryl methyl sites for hydroxylation is 2. The molecule has 0 aliphatic carbocycles. The Bertz CT molecular complexity index is 762. The van der Waals surface area contributed by atoms with Crippen LogP contribution in [0.5, 0.6) is 0 Å². The molecule has 1 saturated heterocycles. The number of hydrogen-bond acceptors (Lipinski definition) is 5. The smallest absolute Gasteiger partial charge is 0.253 e. The molecule has 0 N–H and O–H groups in total. The van der Waals surface area contributed by atoms with Gasteiger partial charge in [0.2, 0.25) is 0 Å². The Hall–Kier alpha value is -1.76. The van der Waals surface area contributed by atoms with Crippen LogP contribution in [0.2, 0.25) is 0 Å². The topological polar surface area (TPSA) is 45.7 Å². The molecule has 1 aromatic carbocycles. The normalized spacial score (nSPS) is 19.0. The third-order valence-electron chi connectivity index (χ3n) is 5.16. The van der Waals surface area contributed by atoms with Crippen LogP contribution in [-0.4, -0.2) is 53.5 Å². The monoisotopic (exact) mass is 387 g/mol. The number of aromatic nitrogens is 1. The lowest BCUT2D eigenvalue weighted by molar-refractivity contribution is -0.150. The van der Waals surface area contributed by atoms with Crippen molar-refractivity contribution in [2.45, 2.75) is 45.9 Å². The van der Waals surface area contributed by atoms with E-state index in [4.69, 9.17) is 4.74 Å². The van der Waals surface area contributed by atoms with Crippen LogP contribution in [0.3, 0.4) is 0 Å². The molecule has 2 heterocycles. The predicted molar refractivity (Wildman–Crippen MR) is 109 cm³/mol. The summed E-state index contributed by atoms with van der Waals surface area (Å²) in [6.45, 7) is 9.13. The van der Waals surface area contributed by atoms with E-state index in [0.29, 0.717) is 13.2 Å². The summed E-state index contributed by atoms with van der Waals surface area (Å²) >= 11 is 1.71. The summed E-state index contributed by atoms with van der Waals surface area (Å²) in [5.74, 6) is 0.0473. The standard InChI is InChI=1S/C21H29N3O2S/c1-5-19-22-15(2)20(27-19)16(3)23(4)21(25)18-14-24(11-12-26-18)13-17-9-7-6-8-10-17/h6-10,16,18H,5,11-14H2,1-4H3. The predicted octanol–water partition coefficient (Wildman–Crippen LogP) is 3.43. The third-order valence-corrected chi connectivity index (χ3v) is 6.63. The van der Waals surface area contributed by atoms with E-state index in [1.807, 2.05) is 24.9 Å². The van der Waals surface area contributed by atoms with Crippen molar-refractivity contribution < 1.29 is 9.53 Å². The molecule has 0 radical (unpaired) electrons. The highest BCUT2D eigenvalue weighted by Crippen LogP contribution is 2.29. The number of carbonyl (C=O) groups is 1. The Labute approximate surface area is 166 Å². The zero-order valence-corrected chi connectivity index (χ0v) is 17.5. The summed E-state index contributed by atoms with van der Waals surface area (Å²) in [6, 6.07) is 10.4. The van der Waals surface area contributed by atoms with E-state index in [-0.39, 0.29) is 11.9 Å². The molecule has 27 heavy (non-hydrogen) atoms. The van der Waals surface area contributed by atoms with Gasteiger partial charge in [0.15, 0.2) is 0 Å². The fraction of sp³-hybridized carbons (Fsp3) is 0.524. The van der Waals surface area contributed by atoms with Crippen LogP contribution < -0.4 is 0 Å². The number of likely N-dealkylation sites (N-methyl/N-ethyl adjacent to an activating group) is 1. The van der Waals surface area contributed by atoms with Crippen molar-refractivity contribution in [3.63, 3.8) is 0 Å². The Morgan fingerprint density at radius 2 is 2.15 bits per heavy atom. The molecule has 1 aliphatic rings. The van der Waals surface area contributed by atoms with Gasteiger partial charge in [-0.2, -0.15) is 0 Å². The third kappa shape index (κ3) is 4.75. The summed E-state index contributed by atoms with van der Waals surface area (Å²) in [5.41, 5.74) is 2.29. The van der Waals surface area contributed by atoms with E-state index >= 15 is 0 Å². The van der Waals surface area contributed by atoms with Gasteiger partial charge in [0, 0.05) is 31.6 Å². The molecule has 1 aromatic heterocycles. The van der Waals surface area contributed by atoms with Gasteiger partial charge in [0.1, 0.15) is 6.10 Å². The average Bonchev–Trinajstić information content (AvgIpc) is 3.08. The molecule has 146 valence electrons. The molecule has 1 amide bonds. The van der Waals surface area contributed by atoms with Gasteiger partial charge in [-0.25, -0.2) is 4.98 Å². The van der Waals surface area contributed by atoms with Crippen LogP contribution >= 0.6 is 11.3 Å². The molecular weight excluding hydrogens is 358 g/mol. The Morgan fingerprint density at radius 3 is 2.81 bits per heavy atom. The fourth-order valence-corrected chi connectivity index (χ4v) is 4.54. The van der Waals surface area contributed by atoms with Crippen molar-refractivity contribution in [2.24, 2.45) is 0 Å². The first-order valence-electron chi connectivity index (χ1n) is 9.60. The number of rotatable bonds is 6. The minimum absolute atomic E-state index is 0.00315. The summed E-state index contributed by atoms with van der Waals surface area (Å²) in [6.07, 6.45) is 0.518. The van der Waals surface area contributed by atoms with Gasteiger partial charge in [-0.05, 0) is 25.8 Å². The van der Waals surface area contributed by atoms with Crippen molar-refractivity contribution in [2.75, 3.05) is 26.7 Å². The van der Waals surface area contributed by atoms with E-state index in [1.165, 1.54) is 10.4 Å². The molecule has 0 bridgehead atoms. The zero-order valence-electron chi connectivity index (χ0n) is 16.6. The molecule has 2 atom stereocenters. The number of hydrogen-bond donors (Lipinski definition) is 0. The first-order valence-corrected chi connectivity index (χ1v) is 10.4. The van der Waals surface area contributed by atoms with E-state index in [2.05, 4.69) is 48.0 Å². The van der Waals surface area contributed by atoms with Crippen LogP contribution in [0.25, 0.3) is 0 Å². The fourth-order valence-electron chi connectivity index (χ4n) is 3.44. The van der Waals surface area contributed by atoms with Gasteiger partial charge in [0.05, 0.1) is 23.4 Å². The Kier molecular flexibility index (Phi) is 6.63. The van der Waals surface area contributed by atoms with Crippen molar-refractivity contribution in [1.29, 1.82) is 0 Å². The molecule has 0 saturated carbocycles. The minimum Gasteiger partial charge on any atom is -0.366 e. The van der Waals surface area contributed by atoms with E-state index in [9.17, 15) is 4.79 Å². The van der Waals surface area contributed by atoms with E-state index in [1.54, 1.807) is 11.3 Å². The summed E-state index contributed by atoms with van der Waals surface area (Å²) in [5, 5.41) is 1.12. The lowest BCUT2D eigenvalue weighted by Gasteiger charge is -2.35. The second-order valence-corrected chi connectivity index (χ2v) is 8.23. The lowest BCUT2D eigenvalue weighted by atomic mass is 10.1. The van der Waals surface area contributed by atoms with Gasteiger partial charge in [0.25, 0.3) is 5.91 Å². The lowest BCUT2D eigenvalue weighted by Crippen LogP contribution is -2.50. The number of carbonyl (C=O) groups excluding carboxylic acids is 1. The number of ether oxygens (including phenoxy) is 1. The first-order chi connectivity index (χ1) is 13.0. The van der Waals surface area contributed by atoms with Crippen LogP contribution in [0, 0.1) is 6.92 Å². The van der Waals surface area contributed by atoms with Gasteiger partial charge < -0.3 is 9.64 Å². The van der Waals surface area contributed by atoms with E-state index in [0.717, 1.165) is 30.2 Å². The highest BCUT2D eigenvalue weighted by Gasteiger charge is 2.32. The van der Waals surface area contributed by atoms with Crippen molar-refractivity contribution >= 4 is 17.2 Å². The van der Waals surface area contributed by atoms with Crippen molar-refractivity contribution in [1.82, 2.24) is 14.8 Å². The number of nitrogens with zero attached hydrogens (tertiary/aromatic N) is 3. The highest BCUT2D eigenvalue weighted by atomic mass is 32.1. The molecule has 5 nitrogen and oxygen atoms in total. The quantitative estimate of drug-likeness (QED) is 0.762. The number of amides is 1. The van der Waals surface area contributed by atoms with Crippen LogP contribution in [0.15, 0.2) is 30.3 Å². The first kappa shape index (κ1) is 20.0. The molecule has 2 aromatic rings. The minimum atomic E-state index is -0.409. The van der Waals surface area contributed by atoms with Crippen LogP contribution in [0.1, 0.15) is 41.0 Å². The summed E-state index contributed by atoms with van der Waals surface area (Å²) in [7, 11) is 1.87. The van der Waals surface area contributed by atoms with Gasteiger partial charge in [-0.3, -0.25) is 9.69 Å². The second kappa shape index (κ2) is 8.95. The second-order valence-electron chi connectivity index (χ2n) is 7.12. The molecule has 3 rings (SSSR count). The van der Waals surface area contributed by atoms with Crippen molar-refractivity contribution in [3.05, 3.63) is 51.5 Å². The summed E-state index contributed by atoms with van der Waals surface area (Å²) < 4.78 is 5.83. The maximum atomic E-state index is 13.1. The maximum absolute atomic E-state index is 13.1. The van der Waals surface area contributed by atoms with Gasteiger partial charge >= 0.3 is 0 Å². The largest absolute Gasteiger partial charge is 0.366 e. The molecule has 1 fully saturated rings. The molecular formula is C21H29N3O2S.